The quantitative estimate of drug-likeness (QED) is 0.0180. The second-order valence-electron chi connectivity index (χ2n) is 23.9. The van der Waals surface area contributed by atoms with Gasteiger partial charge in [0, 0.05) is 24.8 Å². The number of nitrogens with one attached hydrogen (secondary N) is 4. The maximum absolute atomic E-state index is 14.4. The number of ketones is 4. The number of methoxy groups -OCH3 is 16. The summed E-state index contributed by atoms with van der Waals surface area (Å²) in [5, 5.41) is 22.6. The molecule has 0 saturated heterocycles. The van der Waals surface area contributed by atoms with Gasteiger partial charge in [0.15, 0.2) is 104 Å². The van der Waals surface area contributed by atoms with E-state index in [2.05, 4.69) is 37.2 Å². The molecule has 8 aromatic carbocycles. The van der Waals surface area contributed by atoms with Gasteiger partial charge in [-0.15, -0.1) is 0 Å². The van der Waals surface area contributed by atoms with E-state index in [1.165, 1.54) is 113 Å². The lowest BCUT2D eigenvalue weighted by atomic mass is 10.1. The number of aromatic hydroxyl groups is 1. The maximum Gasteiger partial charge on any atom is 0.203 e. The lowest BCUT2D eigenvalue weighted by Gasteiger charge is -2.13. The number of hydrogen-bond donors (Lipinski definition) is 5. The molecule has 0 heterocycles. The molecule has 124 heavy (non-hydrogen) atoms. The van der Waals surface area contributed by atoms with Crippen LogP contribution in [0.1, 0.15) is 128 Å². The van der Waals surface area contributed by atoms with E-state index in [-0.39, 0.29) is 40.4 Å². The lowest BCUT2D eigenvalue weighted by Crippen LogP contribution is -1.98. The average molecular weight is 1800 g/mol. The Morgan fingerprint density at radius 2 is 0.484 bits per heavy atom. The number of anilines is 4. The van der Waals surface area contributed by atoms with E-state index in [1.807, 2.05) is 146 Å². The molecular formula is C96H121BrClFN4O21. The molecule has 5 N–H and O–H groups in total. The molecule has 0 aliphatic carbocycles. The van der Waals surface area contributed by atoms with E-state index in [0.717, 1.165) is 49.1 Å². The number of benzene rings is 8. The number of carbonyl (C=O) groups excluding carboxylic acids is 4. The predicted molar refractivity (Wildman–Crippen MR) is 506 cm³/mol. The Morgan fingerprint density at radius 1 is 0.282 bits per heavy atom. The Hall–Kier alpha value is -13.1. The Bertz CT molecular complexity index is 4270. The largest absolute Gasteiger partial charge is 0.504 e. The first kappa shape index (κ1) is 109. The van der Waals surface area contributed by atoms with Gasteiger partial charge in [-0.2, -0.15) is 0 Å². The summed E-state index contributed by atoms with van der Waals surface area (Å²) in [7, 11) is 24.7. The van der Waals surface area contributed by atoms with Gasteiger partial charge in [-0.05, 0) is 209 Å². The van der Waals surface area contributed by atoms with Crippen LogP contribution >= 0.6 is 27.5 Å². The van der Waals surface area contributed by atoms with Crippen molar-refractivity contribution in [3.8, 4) is 97.7 Å². The van der Waals surface area contributed by atoms with Crippen molar-refractivity contribution in [2.75, 3.05) is 135 Å². The number of phenols is 1. The van der Waals surface area contributed by atoms with Crippen LogP contribution in [0, 0.1) is 5.82 Å². The fourth-order valence-electron chi connectivity index (χ4n) is 10.7. The summed E-state index contributed by atoms with van der Waals surface area (Å²) in [6.45, 7) is 21.8. The van der Waals surface area contributed by atoms with E-state index >= 15 is 0 Å². The van der Waals surface area contributed by atoms with Crippen LogP contribution in [0.4, 0.5) is 27.1 Å². The zero-order valence-electron chi connectivity index (χ0n) is 76.2. The maximum atomic E-state index is 14.4. The van der Waals surface area contributed by atoms with Crippen LogP contribution in [-0.4, -0.2) is 142 Å². The highest BCUT2D eigenvalue weighted by Gasteiger charge is 2.19. The van der Waals surface area contributed by atoms with Crippen LogP contribution in [0.2, 0.25) is 5.02 Å². The summed E-state index contributed by atoms with van der Waals surface area (Å²) in [6.07, 6.45) is 26.5. The molecular weight excluding hydrogens is 1680 g/mol. The van der Waals surface area contributed by atoms with Gasteiger partial charge >= 0.3 is 0 Å². The molecule has 0 saturated carbocycles. The molecule has 28 heteroatoms. The molecule has 0 radical (unpaired) electrons. The SMILES string of the molecule is CC.CC.CC.CC.COc1cc(/C=C\c2cc(Br)c(OC)c(N/C=C\C(C)=O)c2)cc(OC)c1OC.COc1cc(/C=C\c2cc(Cl)c(OC)c(N/C=C\C(C)=O)c2)cc(OC)c1OC.COc1cc(/C=C\c2cc(F)c(OC)c(N/C=C\C(C)=O)c2)cc(OC)c1OC.COc1cc(/C=C\c2cc(O)c(OC)c(N/C=C\C(C)=O)c2)cc(OC)c1OC. The van der Waals surface area contributed by atoms with E-state index in [0.29, 0.717) is 108 Å². The molecule has 0 spiro atoms. The highest BCUT2D eigenvalue weighted by atomic mass is 79.9. The summed E-state index contributed by atoms with van der Waals surface area (Å²) in [5.41, 5.74) is 8.70. The first-order valence-electron chi connectivity index (χ1n) is 38.9. The fourth-order valence-corrected chi connectivity index (χ4v) is 11.6. The van der Waals surface area contributed by atoms with Crippen molar-refractivity contribution < 1.29 is 104 Å². The standard InChI is InChI=1S/C22H24BrNO5.C22H24ClNO5.C22H24FNO5.C22H25NO6.4C2H6/c3*1-14(25)8-9-24-18-11-15(10-17(23)21(18)28-4)6-7-16-12-19(26-2)22(29-5)20(13-16)27-3;1-14(24)8-9-23-17-10-15(11-18(25)21(17)28-4)6-7-16-12-19(26-2)22(29-5)20(13-16)27-3;4*1-2/h3*6-13,24H,1-5H3;6-13,23,25H,1-5H3;4*1-2H3/b4*7-6-,9-8-;;;;. The molecule has 672 valence electrons. The normalized spacial score (nSPS) is 10.4. The zero-order valence-corrected chi connectivity index (χ0v) is 78.6. The number of hydrogen-bond acceptors (Lipinski definition) is 25. The Kier molecular flexibility index (Phi) is 53.0. The van der Waals surface area contributed by atoms with Crippen molar-refractivity contribution in [3.63, 3.8) is 0 Å². The summed E-state index contributed by atoms with van der Waals surface area (Å²) >= 11 is 9.87. The van der Waals surface area contributed by atoms with Crippen LogP contribution in [0.3, 0.4) is 0 Å². The molecule has 0 atom stereocenters. The molecule has 8 rings (SSSR count). The van der Waals surface area contributed by atoms with E-state index in [1.54, 1.807) is 132 Å². The van der Waals surface area contributed by atoms with Crippen molar-refractivity contribution in [3.05, 3.63) is 206 Å². The first-order chi connectivity index (χ1) is 59.7. The second kappa shape index (κ2) is 60.4. The zero-order chi connectivity index (χ0) is 93.6. The van der Waals surface area contributed by atoms with Gasteiger partial charge in [-0.1, -0.05) is 116 Å². The molecule has 25 nitrogen and oxygen atoms in total. The summed E-state index contributed by atoms with van der Waals surface area (Å²) in [5.74, 6) is 7.07. The number of halogens is 3. The molecule has 0 aliphatic heterocycles. The van der Waals surface area contributed by atoms with Crippen LogP contribution < -0.4 is 97.1 Å². The van der Waals surface area contributed by atoms with Crippen LogP contribution in [0.5, 0.6) is 97.7 Å². The minimum Gasteiger partial charge on any atom is -0.504 e. The summed E-state index contributed by atoms with van der Waals surface area (Å²) in [6, 6.07) is 28.6. The molecule has 0 bridgehead atoms. The van der Waals surface area contributed by atoms with Gasteiger partial charge in [0.1, 0.15) is 0 Å². The first-order valence-corrected chi connectivity index (χ1v) is 40.1. The Labute approximate surface area is 744 Å². The fraction of sp³-hybridized carbons (Fsp3) is 0.292. The van der Waals surface area contributed by atoms with E-state index < -0.39 is 5.82 Å². The number of allylic oxidation sites excluding steroid dienone is 4. The third-order valence-electron chi connectivity index (χ3n) is 16.0. The topological polar surface area (TPSA) is 284 Å². The molecule has 0 fully saturated rings. The Morgan fingerprint density at radius 3 is 0.718 bits per heavy atom. The Balaban J connectivity index is 0.000000803. The van der Waals surface area contributed by atoms with E-state index in [4.69, 9.17) is 87.4 Å². The second-order valence-corrected chi connectivity index (χ2v) is 25.2. The summed E-state index contributed by atoms with van der Waals surface area (Å²) in [4.78, 5) is 44.4. The van der Waals surface area contributed by atoms with Crippen LogP contribution in [0.15, 0.2) is 151 Å². The van der Waals surface area contributed by atoms with Gasteiger partial charge in [0.2, 0.25) is 23.0 Å². The van der Waals surface area contributed by atoms with Gasteiger partial charge < -0.3 is 102 Å². The highest BCUT2D eigenvalue weighted by Crippen LogP contribution is 2.45. The van der Waals surface area contributed by atoms with Gasteiger partial charge in [-0.3, -0.25) is 19.2 Å². The van der Waals surface area contributed by atoms with Gasteiger partial charge in [0.05, 0.1) is 146 Å². The predicted octanol–water partition coefficient (Wildman–Crippen LogP) is 23.0. The number of rotatable bonds is 36. The van der Waals surface area contributed by atoms with Crippen molar-refractivity contribution in [2.24, 2.45) is 0 Å². The molecule has 8 aromatic rings. The van der Waals surface area contributed by atoms with Crippen molar-refractivity contribution in [1.29, 1.82) is 0 Å². The number of carbonyl (C=O) groups is 4. The minimum absolute atomic E-state index is 0.0294. The third kappa shape index (κ3) is 34.8. The minimum atomic E-state index is -0.529. The highest BCUT2D eigenvalue weighted by molar-refractivity contribution is 9.10. The third-order valence-corrected chi connectivity index (χ3v) is 16.8. The van der Waals surface area contributed by atoms with Gasteiger partial charge in [-0.25, -0.2) is 4.39 Å². The number of phenolic OH excluding ortho intramolecular Hbond substituents is 1. The molecule has 0 aromatic heterocycles. The van der Waals surface area contributed by atoms with Crippen LogP contribution in [0.25, 0.3) is 48.6 Å². The molecule has 0 aliphatic rings. The lowest BCUT2D eigenvalue weighted by molar-refractivity contribution is -0.113. The average Bonchev–Trinajstić information content (AvgIpc) is 0.827. The monoisotopic (exact) mass is 1800 g/mol. The van der Waals surface area contributed by atoms with Crippen molar-refractivity contribution >= 4 is 122 Å². The van der Waals surface area contributed by atoms with Gasteiger partial charge in [0.25, 0.3) is 0 Å². The van der Waals surface area contributed by atoms with E-state index in [9.17, 15) is 28.7 Å². The smallest absolute Gasteiger partial charge is 0.203 e. The van der Waals surface area contributed by atoms with Crippen molar-refractivity contribution in [2.45, 2.75) is 83.1 Å². The molecule has 0 unspecified atom stereocenters. The van der Waals surface area contributed by atoms with Crippen LogP contribution in [-0.2, 0) is 19.2 Å². The number of ether oxygens (including phenoxy) is 16. The van der Waals surface area contributed by atoms with Crippen molar-refractivity contribution in [1.82, 2.24) is 0 Å². The summed E-state index contributed by atoms with van der Waals surface area (Å²) < 4.78 is 101. The molecule has 0 amide bonds.